The summed E-state index contributed by atoms with van der Waals surface area (Å²) in [6.07, 6.45) is 13.1. The van der Waals surface area contributed by atoms with Gasteiger partial charge < -0.3 is 9.80 Å². The molecule has 154 valence electrons. The van der Waals surface area contributed by atoms with Gasteiger partial charge in [-0.25, -0.2) is 0 Å². The minimum Gasteiger partial charge on any atom is -0.372 e. The third-order valence-electron chi connectivity index (χ3n) is 7.65. The summed E-state index contributed by atoms with van der Waals surface area (Å²) < 4.78 is 0. The smallest absolute Gasteiger partial charge is 0.0767 e. The van der Waals surface area contributed by atoms with Gasteiger partial charge in [-0.15, -0.1) is 12.6 Å². The highest BCUT2D eigenvalue weighted by molar-refractivity contribution is 7.80. The summed E-state index contributed by atoms with van der Waals surface area (Å²) in [5.41, 5.74) is 5.33. The van der Waals surface area contributed by atoms with Crippen molar-refractivity contribution in [3.8, 4) is 0 Å². The second kappa shape index (κ2) is 7.54. The summed E-state index contributed by atoms with van der Waals surface area (Å²) in [5, 5.41) is 0. The van der Waals surface area contributed by atoms with Gasteiger partial charge in [0, 0.05) is 54.6 Å². The summed E-state index contributed by atoms with van der Waals surface area (Å²) in [6, 6.07) is 6.56. The van der Waals surface area contributed by atoms with Gasteiger partial charge in [0.15, 0.2) is 0 Å². The van der Waals surface area contributed by atoms with E-state index in [-0.39, 0.29) is 0 Å². The van der Waals surface area contributed by atoms with Crippen LogP contribution in [0.3, 0.4) is 0 Å². The first-order valence-corrected chi connectivity index (χ1v) is 11.8. The molecule has 0 spiro atoms. The van der Waals surface area contributed by atoms with E-state index >= 15 is 0 Å². The lowest BCUT2D eigenvalue weighted by Crippen LogP contribution is -2.25. The van der Waals surface area contributed by atoms with Crippen LogP contribution in [0, 0.1) is 17.3 Å². The van der Waals surface area contributed by atoms with Crippen molar-refractivity contribution < 1.29 is 0 Å². The molecule has 0 aromatic heterocycles. The van der Waals surface area contributed by atoms with Gasteiger partial charge in [0.05, 0.1) is 5.69 Å². The first-order valence-electron chi connectivity index (χ1n) is 11.3. The molecule has 3 nitrogen and oxygen atoms in total. The van der Waals surface area contributed by atoms with E-state index in [1.54, 1.807) is 0 Å². The number of nitrogens with zero attached hydrogens (tertiary/aromatic N) is 3. The van der Waals surface area contributed by atoms with Gasteiger partial charge >= 0.3 is 0 Å². The average molecular weight is 408 g/mol. The number of hydrogen-bond donors (Lipinski definition) is 1. The molecule has 29 heavy (non-hydrogen) atoms. The summed E-state index contributed by atoms with van der Waals surface area (Å²) in [6.45, 7) is 9.58. The first-order chi connectivity index (χ1) is 14.0. The van der Waals surface area contributed by atoms with E-state index in [1.807, 2.05) is 0 Å². The van der Waals surface area contributed by atoms with Crippen LogP contribution in [0.5, 0.6) is 0 Å². The van der Waals surface area contributed by atoms with Gasteiger partial charge in [-0.3, -0.25) is 4.99 Å². The lowest BCUT2D eigenvalue weighted by Gasteiger charge is -2.25. The summed E-state index contributed by atoms with van der Waals surface area (Å²) >= 11 is 4.76. The Labute approximate surface area is 181 Å². The van der Waals surface area contributed by atoms with E-state index in [0.717, 1.165) is 34.6 Å². The van der Waals surface area contributed by atoms with Crippen molar-refractivity contribution in [3.63, 3.8) is 0 Å². The lowest BCUT2D eigenvalue weighted by atomic mass is 10.1. The third-order valence-corrected chi connectivity index (χ3v) is 8.01. The van der Waals surface area contributed by atoms with Gasteiger partial charge in [0.2, 0.25) is 0 Å². The van der Waals surface area contributed by atoms with Crippen molar-refractivity contribution in [2.75, 3.05) is 31.1 Å². The maximum Gasteiger partial charge on any atom is 0.0767 e. The summed E-state index contributed by atoms with van der Waals surface area (Å²) in [7, 11) is 0. The molecular weight excluding hydrogens is 374 g/mol. The Morgan fingerprint density at radius 1 is 0.966 bits per heavy atom. The summed E-state index contributed by atoms with van der Waals surface area (Å²) in [4.78, 5) is 10.9. The van der Waals surface area contributed by atoms with Crippen LogP contribution in [0.25, 0.3) is 0 Å². The fourth-order valence-corrected chi connectivity index (χ4v) is 5.73. The van der Waals surface area contributed by atoms with E-state index in [2.05, 4.69) is 60.1 Å². The fourth-order valence-electron chi connectivity index (χ4n) is 5.47. The Hall–Kier alpha value is -1.68. The monoisotopic (exact) mass is 407 g/mol. The molecule has 2 unspecified atom stereocenters. The molecule has 2 saturated heterocycles. The topological polar surface area (TPSA) is 18.8 Å². The standard InChI is InChI=1S/C25H33N3S/c1-25(2)21-16-28(17-22(21)25)20-11-12-23(24(29)15-20)26-18-7-9-19(10-8-18)27-13-5-3-4-6-14-27/h7,9-12,15,21-22,29H,3-6,8,13-14,16-17H2,1-2H3. The minimum atomic E-state index is 0.555. The van der Waals surface area contributed by atoms with Crippen LogP contribution in [-0.4, -0.2) is 36.8 Å². The van der Waals surface area contributed by atoms with Crippen molar-refractivity contribution in [3.05, 3.63) is 42.1 Å². The molecule has 1 aromatic rings. The normalized spacial score (nSPS) is 29.6. The van der Waals surface area contributed by atoms with Crippen LogP contribution in [0.1, 0.15) is 46.0 Å². The van der Waals surface area contributed by atoms with Crippen LogP contribution >= 0.6 is 12.6 Å². The number of thiol groups is 1. The number of anilines is 1. The maximum atomic E-state index is 4.90. The Kier molecular flexibility index (Phi) is 5.01. The SMILES string of the molecule is CC1(C)C2CN(c3ccc(N=C4C=CC(N5CCCCCC5)=CC4)c(S)c3)CC21. The minimum absolute atomic E-state index is 0.555. The molecule has 3 fully saturated rings. The second-order valence-electron chi connectivity index (χ2n) is 9.78. The van der Waals surface area contributed by atoms with E-state index in [9.17, 15) is 0 Å². The lowest BCUT2D eigenvalue weighted by molar-refractivity contribution is 0.368. The van der Waals surface area contributed by atoms with Crippen molar-refractivity contribution in [2.24, 2.45) is 22.2 Å². The van der Waals surface area contributed by atoms with Gasteiger partial charge in [-0.1, -0.05) is 32.8 Å². The molecule has 4 aliphatic rings. The largest absolute Gasteiger partial charge is 0.372 e. The Balaban J connectivity index is 1.24. The fraction of sp³-hybridized carbons (Fsp3) is 0.560. The number of allylic oxidation sites excluding steroid dienone is 3. The highest BCUT2D eigenvalue weighted by Crippen LogP contribution is 2.62. The number of rotatable bonds is 3. The predicted molar refractivity (Wildman–Crippen MR) is 126 cm³/mol. The van der Waals surface area contributed by atoms with Crippen LogP contribution in [-0.2, 0) is 0 Å². The molecule has 4 heteroatoms. The van der Waals surface area contributed by atoms with Crippen LogP contribution in [0.15, 0.2) is 52.0 Å². The molecule has 1 aromatic carbocycles. The zero-order valence-corrected chi connectivity index (χ0v) is 18.7. The van der Waals surface area contributed by atoms with Crippen molar-refractivity contribution in [1.29, 1.82) is 0 Å². The second-order valence-corrected chi connectivity index (χ2v) is 10.3. The molecule has 0 radical (unpaired) electrons. The zero-order valence-electron chi connectivity index (χ0n) is 17.8. The molecule has 2 aliphatic carbocycles. The van der Waals surface area contributed by atoms with Gasteiger partial charge in [0.1, 0.15) is 0 Å². The molecule has 2 heterocycles. The van der Waals surface area contributed by atoms with Crippen LogP contribution in [0.4, 0.5) is 11.4 Å². The molecular formula is C25H33N3S. The molecule has 0 N–H and O–H groups in total. The van der Waals surface area contributed by atoms with E-state index in [4.69, 9.17) is 17.6 Å². The number of aliphatic imine (C=N–C) groups is 1. The van der Waals surface area contributed by atoms with Crippen molar-refractivity contribution in [1.82, 2.24) is 4.90 Å². The van der Waals surface area contributed by atoms with E-state index in [1.165, 1.54) is 63.2 Å². The van der Waals surface area contributed by atoms with Crippen LogP contribution < -0.4 is 4.90 Å². The molecule has 5 rings (SSSR count). The molecule has 2 atom stereocenters. The van der Waals surface area contributed by atoms with Gasteiger partial charge in [-0.2, -0.15) is 0 Å². The molecule has 1 saturated carbocycles. The van der Waals surface area contributed by atoms with Gasteiger partial charge in [0.25, 0.3) is 0 Å². The van der Waals surface area contributed by atoms with E-state index in [0.29, 0.717) is 5.41 Å². The maximum absolute atomic E-state index is 4.90. The molecule has 2 aliphatic heterocycles. The number of benzene rings is 1. The quantitative estimate of drug-likeness (QED) is 0.633. The predicted octanol–water partition coefficient (Wildman–Crippen LogP) is 5.86. The Morgan fingerprint density at radius 2 is 1.69 bits per heavy atom. The highest BCUT2D eigenvalue weighted by Gasteiger charge is 2.61. The van der Waals surface area contributed by atoms with Crippen molar-refractivity contribution >= 4 is 29.7 Å². The van der Waals surface area contributed by atoms with Gasteiger partial charge in [-0.05, 0) is 60.4 Å². The molecule has 0 bridgehead atoms. The number of fused-ring (bicyclic) bond motifs is 1. The Morgan fingerprint density at radius 3 is 2.31 bits per heavy atom. The average Bonchev–Trinajstić information content (AvgIpc) is 3.05. The third kappa shape index (κ3) is 3.76. The number of hydrogen-bond acceptors (Lipinski definition) is 4. The van der Waals surface area contributed by atoms with E-state index < -0.39 is 0 Å². The first kappa shape index (κ1) is 19.3. The Bertz CT molecular complexity index is 860. The number of likely N-dealkylation sites (tertiary alicyclic amines) is 1. The van der Waals surface area contributed by atoms with Crippen molar-refractivity contribution in [2.45, 2.75) is 50.8 Å². The highest BCUT2D eigenvalue weighted by atomic mass is 32.1. The molecule has 0 amide bonds. The summed E-state index contributed by atoms with van der Waals surface area (Å²) in [5.74, 6) is 1.73. The number of piperidine rings is 1. The zero-order chi connectivity index (χ0) is 20.0. The van der Waals surface area contributed by atoms with Crippen LogP contribution in [0.2, 0.25) is 0 Å².